The van der Waals surface area contributed by atoms with Gasteiger partial charge < -0.3 is 10.1 Å². The summed E-state index contributed by atoms with van der Waals surface area (Å²) in [6, 6.07) is 0.231. The number of nitrogens with zero attached hydrogens (tertiary/aromatic N) is 1. The number of esters is 1. The van der Waals surface area contributed by atoms with Gasteiger partial charge >= 0.3 is 5.97 Å². The lowest BCUT2D eigenvalue weighted by Crippen LogP contribution is -2.58. The predicted molar refractivity (Wildman–Crippen MR) is 77.9 cm³/mol. The number of piperazine rings is 1. The van der Waals surface area contributed by atoms with E-state index in [2.05, 4.69) is 10.1 Å². The Bertz CT molecular complexity index is 411. The summed E-state index contributed by atoms with van der Waals surface area (Å²) >= 11 is 0. The fraction of sp³-hybridized carbons (Fsp3) is 0.923. The molecule has 0 aliphatic carbocycles. The molecule has 1 saturated heterocycles. The largest absolute Gasteiger partial charge is 0.469 e. The maximum Gasteiger partial charge on any atom is 0.305 e. The molecule has 118 valence electrons. The molecule has 1 aliphatic rings. The van der Waals surface area contributed by atoms with Gasteiger partial charge in [0, 0.05) is 31.6 Å². The minimum absolute atomic E-state index is 0.00896. The van der Waals surface area contributed by atoms with E-state index >= 15 is 0 Å². The second kappa shape index (κ2) is 7.95. The Labute approximate surface area is 121 Å². The van der Waals surface area contributed by atoms with E-state index in [0.717, 1.165) is 12.8 Å². The number of nitrogens with one attached hydrogen (secondary N) is 1. The Balaban J connectivity index is 2.64. The Morgan fingerprint density at radius 1 is 1.35 bits per heavy atom. The van der Waals surface area contributed by atoms with Crippen molar-refractivity contribution in [2.45, 2.75) is 51.6 Å². The maximum atomic E-state index is 12.4. The number of carbonyl (C=O) groups excluding carboxylic acids is 1. The molecule has 0 aromatic carbocycles. The highest BCUT2D eigenvalue weighted by Gasteiger charge is 2.34. The molecule has 0 saturated carbocycles. The second-order valence-corrected chi connectivity index (χ2v) is 7.18. The molecule has 1 aliphatic heterocycles. The monoisotopic (exact) mass is 306 g/mol. The standard InChI is InChI=1S/C13H26N2O4S/c1-4-11-10-15(12(5-2)9-14-11)20(17,18)8-6-7-13(16)19-3/h11-12,14H,4-10H2,1-3H3. The average molecular weight is 306 g/mol. The molecule has 2 atom stereocenters. The molecular formula is C13H26N2O4S. The Morgan fingerprint density at radius 3 is 2.60 bits per heavy atom. The first-order chi connectivity index (χ1) is 9.44. The lowest BCUT2D eigenvalue weighted by molar-refractivity contribution is -0.140. The molecule has 6 nitrogen and oxygen atoms in total. The van der Waals surface area contributed by atoms with Crippen LogP contribution in [0.3, 0.4) is 0 Å². The quantitative estimate of drug-likeness (QED) is 0.702. The lowest BCUT2D eigenvalue weighted by Gasteiger charge is -2.38. The first-order valence-corrected chi connectivity index (χ1v) is 8.85. The van der Waals surface area contributed by atoms with Gasteiger partial charge in [-0.05, 0) is 19.3 Å². The van der Waals surface area contributed by atoms with Crippen LogP contribution < -0.4 is 5.32 Å². The van der Waals surface area contributed by atoms with Crippen molar-refractivity contribution in [3.63, 3.8) is 0 Å². The molecule has 7 heteroatoms. The van der Waals surface area contributed by atoms with Gasteiger partial charge in [0.25, 0.3) is 0 Å². The summed E-state index contributed by atoms with van der Waals surface area (Å²) in [7, 11) is -1.99. The van der Waals surface area contributed by atoms with E-state index < -0.39 is 10.0 Å². The van der Waals surface area contributed by atoms with Crippen molar-refractivity contribution < 1.29 is 17.9 Å². The molecule has 1 rings (SSSR count). The van der Waals surface area contributed by atoms with Crippen molar-refractivity contribution in [1.29, 1.82) is 0 Å². The molecule has 0 aromatic heterocycles. The molecule has 0 bridgehead atoms. The van der Waals surface area contributed by atoms with E-state index in [4.69, 9.17) is 0 Å². The van der Waals surface area contributed by atoms with Gasteiger partial charge in [-0.25, -0.2) is 8.42 Å². The molecule has 1 N–H and O–H groups in total. The van der Waals surface area contributed by atoms with Gasteiger partial charge in [-0.2, -0.15) is 4.31 Å². The van der Waals surface area contributed by atoms with Crippen molar-refractivity contribution in [2.24, 2.45) is 0 Å². The van der Waals surface area contributed by atoms with Crippen LogP contribution in [0, 0.1) is 0 Å². The third-order valence-corrected chi connectivity index (χ3v) is 5.75. The van der Waals surface area contributed by atoms with E-state index in [1.165, 1.54) is 7.11 Å². The van der Waals surface area contributed by atoms with Crippen LogP contribution in [0.1, 0.15) is 39.5 Å². The molecule has 2 unspecified atom stereocenters. The Morgan fingerprint density at radius 2 is 2.05 bits per heavy atom. The SMILES string of the molecule is CCC1CN(S(=O)(=O)CCCC(=O)OC)C(CC)CN1. The van der Waals surface area contributed by atoms with Crippen molar-refractivity contribution in [1.82, 2.24) is 9.62 Å². The predicted octanol–water partition coefficient (Wildman–Crippen LogP) is 0.732. The van der Waals surface area contributed by atoms with Crippen LogP contribution >= 0.6 is 0 Å². The third-order valence-electron chi connectivity index (χ3n) is 3.78. The highest BCUT2D eigenvalue weighted by molar-refractivity contribution is 7.89. The molecule has 1 fully saturated rings. The fourth-order valence-corrected chi connectivity index (χ4v) is 4.24. The number of ether oxygens (including phenoxy) is 1. The zero-order valence-corrected chi connectivity index (χ0v) is 13.4. The van der Waals surface area contributed by atoms with Crippen LogP contribution in [0.4, 0.5) is 0 Å². The second-order valence-electron chi connectivity index (χ2n) is 5.14. The van der Waals surface area contributed by atoms with Crippen molar-refractivity contribution in [2.75, 3.05) is 26.0 Å². The number of hydrogen-bond donors (Lipinski definition) is 1. The summed E-state index contributed by atoms with van der Waals surface area (Å²) < 4.78 is 31.0. The van der Waals surface area contributed by atoms with Gasteiger partial charge in [0.2, 0.25) is 10.0 Å². The van der Waals surface area contributed by atoms with E-state index in [0.29, 0.717) is 19.5 Å². The third kappa shape index (κ3) is 4.71. The number of methoxy groups -OCH3 is 1. The molecule has 0 amide bonds. The van der Waals surface area contributed by atoms with Gasteiger partial charge in [0.05, 0.1) is 12.9 Å². The average Bonchev–Trinajstić information content (AvgIpc) is 2.46. The topological polar surface area (TPSA) is 75.7 Å². The van der Waals surface area contributed by atoms with Crippen LogP contribution in [0.2, 0.25) is 0 Å². The summed E-state index contributed by atoms with van der Waals surface area (Å²) in [5.41, 5.74) is 0. The molecular weight excluding hydrogens is 280 g/mol. The summed E-state index contributed by atoms with van der Waals surface area (Å²) in [6.07, 6.45) is 2.16. The van der Waals surface area contributed by atoms with Crippen LogP contribution in [0.25, 0.3) is 0 Å². The van der Waals surface area contributed by atoms with Crippen molar-refractivity contribution in [3.8, 4) is 0 Å². The summed E-state index contributed by atoms with van der Waals surface area (Å²) in [4.78, 5) is 11.1. The van der Waals surface area contributed by atoms with Gasteiger partial charge in [-0.15, -0.1) is 0 Å². The fourth-order valence-electron chi connectivity index (χ4n) is 2.42. The summed E-state index contributed by atoms with van der Waals surface area (Å²) in [5.74, 6) is -0.353. The number of hydrogen-bond acceptors (Lipinski definition) is 5. The zero-order valence-electron chi connectivity index (χ0n) is 12.6. The molecule has 20 heavy (non-hydrogen) atoms. The van der Waals surface area contributed by atoms with Gasteiger partial charge in [-0.1, -0.05) is 13.8 Å². The van der Waals surface area contributed by atoms with E-state index in [9.17, 15) is 13.2 Å². The van der Waals surface area contributed by atoms with E-state index in [1.807, 2.05) is 13.8 Å². The first kappa shape index (κ1) is 17.4. The van der Waals surface area contributed by atoms with Crippen LogP contribution in [0.15, 0.2) is 0 Å². The van der Waals surface area contributed by atoms with Crippen LogP contribution in [-0.2, 0) is 19.6 Å². The molecule has 0 radical (unpaired) electrons. The van der Waals surface area contributed by atoms with Gasteiger partial charge in [0.1, 0.15) is 0 Å². The minimum atomic E-state index is -3.31. The highest BCUT2D eigenvalue weighted by atomic mass is 32.2. The minimum Gasteiger partial charge on any atom is -0.469 e. The number of sulfonamides is 1. The number of rotatable bonds is 7. The molecule has 0 spiro atoms. The Kier molecular flexibility index (Phi) is 6.91. The van der Waals surface area contributed by atoms with Crippen molar-refractivity contribution >= 4 is 16.0 Å². The van der Waals surface area contributed by atoms with Crippen LogP contribution in [-0.4, -0.2) is 56.7 Å². The van der Waals surface area contributed by atoms with E-state index in [1.54, 1.807) is 4.31 Å². The lowest BCUT2D eigenvalue weighted by atomic mass is 10.1. The zero-order chi connectivity index (χ0) is 15.2. The van der Waals surface area contributed by atoms with Gasteiger partial charge in [0.15, 0.2) is 0 Å². The normalized spacial score (nSPS) is 24.6. The first-order valence-electron chi connectivity index (χ1n) is 7.24. The van der Waals surface area contributed by atoms with Crippen LogP contribution in [0.5, 0.6) is 0 Å². The smallest absolute Gasteiger partial charge is 0.305 e. The summed E-state index contributed by atoms with van der Waals surface area (Å²) in [6.45, 7) is 5.27. The maximum absolute atomic E-state index is 12.4. The number of carbonyl (C=O) groups is 1. The highest BCUT2D eigenvalue weighted by Crippen LogP contribution is 2.18. The van der Waals surface area contributed by atoms with Gasteiger partial charge in [-0.3, -0.25) is 4.79 Å². The molecule has 0 aromatic rings. The Hall–Kier alpha value is -0.660. The summed E-state index contributed by atoms with van der Waals surface area (Å²) in [5, 5.41) is 3.38. The molecule has 1 heterocycles. The van der Waals surface area contributed by atoms with Crippen molar-refractivity contribution in [3.05, 3.63) is 0 Å². The van der Waals surface area contributed by atoms with E-state index in [-0.39, 0.29) is 30.2 Å².